The highest BCUT2D eigenvalue weighted by atomic mass is 15.2. The summed E-state index contributed by atoms with van der Waals surface area (Å²) >= 11 is 0. The fourth-order valence-corrected chi connectivity index (χ4v) is 3.37. The van der Waals surface area contributed by atoms with Crippen LogP contribution < -0.4 is 10.6 Å². The molecule has 0 bridgehead atoms. The first-order valence-electron chi connectivity index (χ1n) is 7.71. The number of rotatable bonds is 4. The Kier molecular flexibility index (Phi) is 4.17. The van der Waals surface area contributed by atoms with Gasteiger partial charge >= 0.3 is 0 Å². The van der Waals surface area contributed by atoms with Crippen LogP contribution in [0.2, 0.25) is 0 Å². The maximum atomic E-state index is 4.10. The van der Waals surface area contributed by atoms with Crippen molar-refractivity contribution in [3.05, 3.63) is 18.3 Å². The highest BCUT2D eigenvalue weighted by molar-refractivity contribution is 5.32. The van der Waals surface area contributed by atoms with Crippen molar-refractivity contribution in [2.24, 2.45) is 5.41 Å². The summed E-state index contributed by atoms with van der Waals surface area (Å²) in [6.07, 6.45) is 5.41. The first-order chi connectivity index (χ1) is 9.73. The molecule has 2 aliphatic rings. The predicted octanol–water partition coefficient (Wildman–Crippen LogP) is 1.35. The summed E-state index contributed by atoms with van der Waals surface area (Å²) in [6, 6.07) is 4.46. The van der Waals surface area contributed by atoms with Crippen molar-refractivity contribution in [3.8, 4) is 0 Å². The molecule has 0 amide bonds. The van der Waals surface area contributed by atoms with Crippen molar-refractivity contribution < 1.29 is 0 Å². The van der Waals surface area contributed by atoms with Crippen LogP contribution in [0.15, 0.2) is 18.3 Å². The zero-order chi connectivity index (χ0) is 13.8. The number of piperidine rings is 1. The third-order valence-corrected chi connectivity index (χ3v) is 4.57. The monoisotopic (exact) mass is 275 g/mol. The van der Waals surface area contributed by atoms with E-state index in [2.05, 4.69) is 32.7 Å². The fraction of sp³-hybridized carbons (Fsp3) is 0.733. The molecule has 3 heterocycles. The molecule has 0 saturated carbocycles. The minimum atomic E-state index is 0.477. The summed E-state index contributed by atoms with van der Waals surface area (Å²) in [4.78, 5) is 2.63. The molecule has 2 fully saturated rings. The number of nitrogens with one attached hydrogen (secondary N) is 2. The van der Waals surface area contributed by atoms with Crippen LogP contribution in [0.1, 0.15) is 26.2 Å². The Morgan fingerprint density at radius 3 is 2.95 bits per heavy atom. The van der Waals surface area contributed by atoms with Gasteiger partial charge in [-0.15, -0.1) is 5.10 Å². The second kappa shape index (κ2) is 6.06. The normalized spacial score (nSPS) is 28.6. The summed E-state index contributed by atoms with van der Waals surface area (Å²) < 4.78 is 0. The Morgan fingerprint density at radius 2 is 2.30 bits per heavy atom. The van der Waals surface area contributed by atoms with E-state index in [0.717, 1.165) is 5.82 Å². The number of likely N-dealkylation sites (tertiary alicyclic amines) is 1. The molecule has 0 aliphatic carbocycles. The minimum Gasteiger partial charge on any atom is -0.366 e. The zero-order valence-corrected chi connectivity index (χ0v) is 12.3. The molecule has 5 heteroatoms. The highest BCUT2D eigenvalue weighted by Crippen LogP contribution is 2.27. The molecule has 110 valence electrons. The van der Waals surface area contributed by atoms with Crippen LogP contribution >= 0.6 is 0 Å². The van der Waals surface area contributed by atoms with Gasteiger partial charge in [-0.05, 0) is 43.4 Å². The Balaban J connectivity index is 1.45. The van der Waals surface area contributed by atoms with Crippen LogP contribution in [0, 0.1) is 5.41 Å². The summed E-state index contributed by atoms with van der Waals surface area (Å²) in [6.45, 7) is 8.38. The van der Waals surface area contributed by atoms with Crippen molar-refractivity contribution in [2.45, 2.75) is 32.2 Å². The maximum Gasteiger partial charge on any atom is 0.148 e. The van der Waals surface area contributed by atoms with E-state index in [4.69, 9.17) is 0 Å². The van der Waals surface area contributed by atoms with E-state index in [0.29, 0.717) is 11.5 Å². The van der Waals surface area contributed by atoms with Crippen LogP contribution in [0.5, 0.6) is 0 Å². The van der Waals surface area contributed by atoms with Crippen LogP contribution in [0.25, 0.3) is 0 Å². The van der Waals surface area contributed by atoms with Gasteiger partial charge in [0.15, 0.2) is 0 Å². The van der Waals surface area contributed by atoms with E-state index in [1.165, 1.54) is 52.0 Å². The topological polar surface area (TPSA) is 53.1 Å². The zero-order valence-electron chi connectivity index (χ0n) is 12.3. The standard InChI is InChI=1S/C15H25N5/c1-15(6-8-16-11-15)12-20-9-4-13(5-10-20)18-14-3-2-7-17-19-14/h2-3,7,13,16H,4-6,8-12H2,1H3,(H,18,19). The van der Waals surface area contributed by atoms with Crippen molar-refractivity contribution in [3.63, 3.8) is 0 Å². The molecule has 2 N–H and O–H groups in total. The lowest BCUT2D eigenvalue weighted by molar-refractivity contribution is 0.148. The van der Waals surface area contributed by atoms with Gasteiger partial charge in [0.1, 0.15) is 5.82 Å². The Labute approximate surface area is 121 Å². The van der Waals surface area contributed by atoms with E-state index in [1.807, 2.05) is 12.1 Å². The molecule has 1 atom stereocenters. The van der Waals surface area contributed by atoms with Gasteiger partial charge in [0.05, 0.1) is 0 Å². The molecule has 2 saturated heterocycles. The van der Waals surface area contributed by atoms with E-state index >= 15 is 0 Å². The highest BCUT2D eigenvalue weighted by Gasteiger charge is 2.32. The van der Waals surface area contributed by atoms with Gasteiger partial charge in [-0.1, -0.05) is 6.92 Å². The van der Waals surface area contributed by atoms with E-state index in [-0.39, 0.29) is 0 Å². The summed E-state index contributed by atoms with van der Waals surface area (Å²) in [7, 11) is 0. The molecule has 5 nitrogen and oxygen atoms in total. The number of aromatic nitrogens is 2. The lowest BCUT2D eigenvalue weighted by Crippen LogP contribution is -2.44. The second-order valence-corrected chi connectivity index (χ2v) is 6.54. The smallest absolute Gasteiger partial charge is 0.148 e. The van der Waals surface area contributed by atoms with Crippen LogP contribution in [0.3, 0.4) is 0 Å². The quantitative estimate of drug-likeness (QED) is 0.869. The third kappa shape index (κ3) is 3.46. The van der Waals surface area contributed by atoms with Gasteiger partial charge in [-0.3, -0.25) is 0 Å². The van der Waals surface area contributed by atoms with E-state index in [1.54, 1.807) is 6.20 Å². The fourth-order valence-electron chi connectivity index (χ4n) is 3.37. The molecule has 1 aromatic rings. The van der Waals surface area contributed by atoms with Crippen molar-refractivity contribution in [1.29, 1.82) is 0 Å². The predicted molar refractivity (Wildman–Crippen MR) is 80.7 cm³/mol. The van der Waals surface area contributed by atoms with Crippen LogP contribution in [0.4, 0.5) is 5.82 Å². The Hall–Kier alpha value is -1.20. The SMILES string of the molecule is CC1(CN2CCC(Nc3cccnn3)CC2)CCNC1. The first kappa shape index (κ1) is 13.8. The largest absolute Gasteiger partial charge is 0.366 e. The number of anilines is 1. The second-order valence-electron chi connectivity index (χ2n) is 6.54. The van der Waals surface area contributed by atoms with Gasteiger partial charge < -0.3 is 15.5 Å². The van der Waals surface area contributed by atoms with Gasteiger partial charge in [0.2, 0.25) is 0 Å². The minimum absolute atomic E-state index is 0.477. The number of nitrogens with zero attached hydrogens (tertiary/aromatic N) is 3. The molecular weight excluding hydrogens is 250 g/mol. The first-order valence-corrected chi connectivity index (χ1v) is 7.71. The number of hydrogen-bond donors (Lipinski definition) is 2. The van der Waals surface area contributed by atoms with Crippen molar-refractivity contribution >= 4 is 5.82 Å². The molecule has 0 aromatic carbocycles. The molecule has 1 unspecified atom stereocenters. The van der Waals surface area contributed by atoms with E-state index < -0.39 is 0 Å². The Bertz CT molecular complexity index is 408. The Morgan fingerprint density at radius 1 is 1.45 bits per heavy atom. The van der Waals surface area contributed by atoms with Gasteiger partial charge in [0.25, 0.3) is 0 Å². The lowest BCUT2D eigenvalue weighted by Gasteiger charge is -2.37. The van der Waals surface area contributed by atoms with Crippen LogP contribution in [-0.2, 0) is 0 Å². The van der Waals surface area contributed by atoms with Gasteiger partial charge in [0, 0.05) is 38.4 Å². The number of hydrogen-bond acceptors (Lipinski definition) is 5. The molecular formula is C15H25N5. The third-order valence-electron chi connectivity index (χ3n) is 4.57. The molecule has 1 aromatic heterocycles. The van der Waals surface area contributed by atoms with Crippen molar-refractivity contribution in [2.75, 3.05) is 38.0 Å². The molecule has 2 aliphatic heterocycles. The van der Waals surface area contributed by atoms with E-state index in [9.17, 15) is 0 Å². The van der Waals surface area contributed by atoms with Gasteiger partial charge in [-0.2, -0.15) is 5.10 Å². The molecule has 3 rings (SSSR count). The molecule has 0 spiro atoms. The van der Waals surface area contributed by atoms with Gasteiger partial charge in [-0.25, -0.2) is 0 Å². The summed E-state index contributed by atoms with van der Waals surface area (Å²) in [5, 5.41) is 15.0. The summed E-state index contributed by atoms with van der Waals surface area (Å²) in [5.41, 5.74) is 0.477. The average molecular weight is 275 g/mol. The molecule has 20 heavy (non-hydrogen) atoms. The lowest BCUT2D eigenvalue weighted by atomic mass is 9.88. The average Bonchev–Trinajstić information content (AvgIpc) is 2.89. The van der Waals surface area contributed by atoms with Crippen LogP contribution in [-0.4, -0.2) is 53.9 Å². The van der Waals surface area contributed by atoms with Crippen molar-refractivity contribution in [1.82, 2.24) is 20.4 Å². The summed E-state index contributed by atoms with van der Waals surface area (Å²) in [5.74, 6) is 0.901. The molecule has 0 radical (unpaired) electrons. The maximum absolute atomic E-state index is 4.10.